The fourth-order valence-corrected chi connectivity index (χ4v) is 2.79. The van der Waals surface area contributed by atoms with Crippen molar-refractivity contribution in [2.45, 2.75) is 19.9 Å². The summed E-state index contributed by atoms with van der Waals surface area (Å²) in [6, 6.07) is 10.1. The van der Waals surface area contributed by atoms with Gasteiger partial charge in [-0.25, -0.2) is 4.39 Å². The van der Waals surface area contributed by atoms with Gasteiger partial charge in [-0.15, -0.1) is 0 Å². The number of hydrogen-bond acceptors (Lipinski definition) is 4. The molecule has 0 saturated carbocycles. The summed E-state index contributed by atoms with van der Waals surface area (Å²) in [5, 5.41) is 5.56. The Morgan fingerprint density at radius 2 is 1.86 bits per heavy atom. The van der Waals surface area contributed by atoms with Crippen molar-refractivity contribution >= 4 is 34.8 Å². The molecule has 0 aliphatic rings. The first-order valence-corrected chi connectivity index (χ1v) is 9.15. The third kappa shape index (κ3) is 5.94. The van der Waals surface area contributed by atoms with Crippen LogP contribution in [0.5, 0.6) is 5.75 Å². The topological polar surface area (TPSA) is 70.7 Å². The molecular formula is C20H23ClFN3O3. The van der Waals surface area contributed by atoms with Crippen LogP contribution >= 0.6 is 11.6 Å². The summed E-state index contributed by atoms with van der Waals surface area (Å²) in [7, 11) is 1.57. The standard InChI is InChI=1S/C20H23ClFN3O3/c1-4-25(12-19(26)23-15-6-8-16(28-3)9-7-15)13(2)20(27)24-18-10-5-14(22)11-17(18)21/h5-11,13H,4,12H2,1-3H3,(H,23,26)(H,24,27)/t13-/m1/s1. The van der Waals surface area contributed by atoms with Crippen LogP contribution in [0.25, 0.3) is 0 Å². The Balaban J connectivity index is 1.96. The molecule has 2 aromatic rings. The van der Waals surface area contributed by atoms with E-state index in [1.165, 1.54) is 12.1 Å². The Hall–Kier alpha value is -2.64. The Bertz CT molecular complexity index is 830. The van der Waals surface area contributed by atoms with E-state index >= 15 is 0 Å². The van der Waals surface area contributed by atoms with E-state index in [1.807, 2.05) is 6.92 Å². The maximum absolute atomic E-state index is 13.1. The van der Waals surface area contributed by atoms with Crippen LogP contribution < -0.4 is 15.4 Å². The van der Waals surface area contributed by atoms with E-state index in [9.17, 15) is 14.0 Å². The van der Waals surface area contributed by atoms with Gasteiger partial charge in [-0.2, -0.15) is 0 Å². The van der Waals surface area contributed by atoms with E-state index < -0.39 is 11.9 Å². The van der Waals surface area contributed by atoms with E-state index in [0.717, 1.165) is 6.07 Å². The normalized spacial score (nSPS) is 11.8. The lowest BCUT2D eigenvalue weighted by Crippen LogP contribution is -2.45. The van der Waals surface area contributed by atoms with Crippen molar-refractivity contribution in [3.05, 3.63) is 53.3 Å². The lowest BCUT2D eigenvalue weighted by Gasteiger charge is -2.26. The van der Waals surface area contributed by atoms with Gasteiger partial charge in [0.15, 0.2) is 0 Å². The molecule has 0 spiro atoms. The number of likely N-dealkylation sites (N-methyl/N-ethyl adjacent to an activating group) is 1. The van der Waals surface area contributed by atoms with Crippen molar-refractivity contribution < 1.29 is 18.7 Å². The molecule has 0 aromatic heterocycles. The first-order valence-electron chi connectivity index (χ1n) is 8.78. The molecule has 2 aromatic carbocycles. The van der Waals surface area contributed by atoms with Crippen LogP contribution in [-0.2, 0) is 9.59 Å². The number of anilines is 2. The lowest BCUT2D eigenvalue weighted by atomic mass is 10.2. The fraction of sp³-hybridized carbons (Fsp3) is 0.300. The molecule has 0 heterocycles. The van der Waals surface area contributed by atoms with Gasteiger partial charge in [0, 0.05) is 5.69 Å². The fourth-order valence-electron chi connectivity index (χ4n) is 2.58. The van der Waals surface area contributed by atoms with Crippen molar-refractivity contribution in [2.24, 2.45) is 0 Å². The minimum atomic E-state index is -0.590. The van der Waals surface area contributed by atoms with Gasteiger partial charge in [0.05, 0.1) is 30.4 Å². The smallest absolute Gasteiger partial charge is 0.241 e. The predicted molar refractivity (Wildman–Crippen MR) is 108 cm³/mol. The maximum Gasteiger partial charge on any atom is 0.241 e. The van der Waals surface area contributed by atoms with Crippen LogP contribution in [0, 0.1) is 5.82 Å². The molecule has 150 valence electrons. The number of carbonyl (C=O) groups is 2. The van der Waals surface area contributed by atoms with E-state index in [-0.39, 0.29) is 23.4 Å². The zero-order chi connectivity index (χ0) is 20.7. The van der Waals surface area contributed by atoms with Gasteiger partial charge in [-0.05, 0) is 55.9 Å². The number of nitrogens with one attached hydrogen (secondary N) is 2. The maximum atomic E-state index is 13.1. The Labute approximate surface area is 168 Å². The van der Waals surface area contributed by atoms with E-state index in [0.29, 0.717) is 23.7 Å². The molecule has 28 heavy (non-hydrogen) atoms. The number of benzene rings is 2. The van der Waals surface area contributed by atoms with Crippen molar-refractivity contribution in [3.8, 4) is 5.75 Å². The van der Waals surface area contributed by atoms with Crippen LogP contribution in [-0.4, -0.2) is 43.0 Å². The second kappa shape index (κ2) is 10.1. The third-order valence-electron chi connectivity index (χ3n) is 4.24. The van der Waals surface area contributed by atoms with Gasteiger partial charge in [-0.1, -0.05) is 18.5 Å². The zero-order valence-corrected chi connectivity index (χ0v) is 16.7. The molecule has 0 unspecified atom stereocenters. The van der Waals surface area contributed by atoms with Crippen molar-refractivity contribution in [1.29, 1.82) is 0 Å². The third-order valence-corrected chi connectivity index (χ3v) is 4.56. The molecule has 0 aliphatic heterocycles. The SMILES string of the molecule is CCN(CC(=O)Nc1ccc(OC)cc1)[C@H](C)C(=O)Nc1ccc(F)cc1Cl. The van der Waals surface area contributed by atoms with E-state index in [1.54, 1.807) is 43.2 Å². The minimum absolute atomic E-state index is 0.0360. The van der Waals surface area contributed by atoms with E-state index in [2.05, 4.69) is 10.6 Å². The van der Waals surface area contributed by atoms with Gasteiger partial charge in [0.2, 0.25) is 11.8 Å². The van der Waals surface area contributed by atoms with Crippen LogP contribution in [0.15, 0.2) is 42.5 Å². The summed E-state index contributed by atoms with van der Waals surface area (Å²) in [5.41, 5.74) is 0.954. The summed E-state index contributed by atoms with van der Waals surface area (Å²) in [6.07, 6.45) is 0. The molecule has 0 aliphatic carbocycles. The molecular weight excluding hydrogens is 385 g/mol. The van der Waals surface area contributed by atoms with Gasteiger partial charge in [-0.3, -0.25) is 14.5 Å². The number of ether oxygens (including phenoxy) is 1. The summed E-state index contributed by atoms with van der Waals surface area (Å²) in [4.78, 5) is 26.6. The van der Waals surface area contributed by atoms with Gasteiger partial charge < -0.3 is 15.4 Å². The highest BCUT2D eigenvalue weighted by Gasteiger charge is 2.23. The first-order chi connectivity index (χ1) is 13.3. The average Bonchev–Trinajstić information content (AvgIpc) is 2.68. The molecule has 0 fully saturated rings. The largest absolute Gasteiger partial charge is 0.497 e. The highest BCUT2D eigenvalue weighted by Crippen LogP contribution is 2.23. The highest BCUT2D eigenvalue weighted by atomic mass is 35.5. The summed E-state index contributed by atoms with van der Waals surface area (Å²) >= 11 is 5.95. The van der Waals surface area contributed by atoms with Gasteiger partial charge in [0.25, 0.3) is 0 Å². The molecule has 2 rings (SSSR count). The molecule has 0 radical (unpaired) electrons. The molecule has 8 heteroatoms. The van der Waals surface area contributed by atoms with E-state index in [4.69, 9.17) is 16.3 Å². The van der Waals surface area contributed by atoms with Crippen LogP contribution in [0.3, 0.4) is 0 Å². The van der Waals surface area contributed by atoms with Crippen LogP contribution in [0.4, 0.5) is 15.8 Å². The van der Waals surface area contributed by atoms with Crippen molar-refractivity contribution in [1.82, 2.24) is 4.90 Å². The second-order valence-electron chi connectivity index (χ2n) is 6.13. The Morgan fingerprint density at radius 1 is 1.18 bits per heavy atom. The highest BCUT2D eigenvalue weighted by molar-refractivity contribution is 6.33. The summed E-state index contributed by atoms with van der Waals surface area (Å²) in [6.45, 7) is 4.07. The number of hydrogen-bond donors (Lipinski definition) is 2. The molecule has 6 nitrogen and oxygen atoms in total. The monoisotopic (exact) mass is 407 g/mol. The number of nitrogens with zero attached hydrogens (tertiary/aromatic N) is 1. The number of carbonyl (C=O) groups excluding carboxylic acids is 2. The van der Waals surface area contributed by atoms with Crippen molar-refractivity contribution in [3.63, 3.8) is 0 Å². The Morgan fingerprint density at radius 3 is 2.43 bits per heavy atom. The van der Waals surface area contributed by atoms with Crippen LogP contribution in [0.2, 0.25) is 5.02 Å². The number of rotatable bonds is 8. The second-order valence-corrected chi connectivity index (χ2v) is 6.54. The predicted octanol–water partition coefficient (Wildman–Crippen LogP) is 3.78. The lowest BCUT2D eigenvalue weighted by molar-refractivity contribution is -0.123. The first kappa shape index (κ1) is 21.7. The molecule has 0 saturated heterocycles. The number of methoxy groups -OCH3 is 1. The molecule has 2 amide bonds. The molecule has 0 bridgehead atoms. The van der Waals surface area contributed by atoms with Gasteiger partial charge >= 0.3 is 0 Å². The quantitative estimate of drug-likeness (QED) is 0.698. The molecule has 2 N–H and O–H groups in total. The summed E-state index contributed by atoms with van der Waals surface area (Å²) < 4.78 is 18.2. The zero-order valence-electron chi connectivity index (χ0n) is 16.0. The number of amides is 2. The average molecular weight is 408 g/mol. The number of halogens is 2. The minimum Gasteiger partial charge on any atom is -0.497 e. The van der Waals surface area contributed by atoms with Crippen LogP contribution in [0.1, 0.15) is 13.8 Å². The van der Waals surface area contributed by atoms with Crippen molar-refractivity contribution in [2.75, 3.05) is 30.8 Å². The summed E-state index contributed by atoms with van der Waals surface area (Å²) in [5.74, 6) is -0.376. The molecule has 1 atom stereocenters. The van der Waals surface area contributed by atoms with Gasteiger partial charge in [0.1, 0.15) is 11.6 Å². The Kier molecular flexibility index (Phi) is 7.78.